The van der Waals surface area contributed by atoms with Gasteiger partial charge < -0.3 is 25.0 Å². The molecule has 0 saturated carbocycles. The summed E-state index contributed by atoms with van der Waals surface area (Å²) in [5.74, 6) is 2.43. The lowest BCUT2D eigenvalue weighted by molar-refractivity contribution is 0.309. The molecule has 0 aromatic heterocycles. The minimum atomic E-state index is 0.559. The second-order valence-electron chi connectivity index (χ2n) is 6.03. The predicted octanol–water partition coefficient (Wildman–Crippen LogP) is 1.85. The third-order valence-corrected chi connectivity index (χ3v) is 4.42. The van der Waals surface area contributed by atoms with Gasteiger partial charge in [-0.15, -0.1) is 0 Å². The van der Waals surface area contributed by atoms with Crippen LogP contribution in [0.4, 0.5) is 0 Å². The molecule has 0 spiro atoms. The van der Waals surface area contributed by atoms with E-state index >= 15 is 0 Å². The van der Waals surface area contributed by atoms with Gasteiger partial charge in [-0.3, -0.25) is 0 Å². The molecule has 1 saturated heterocycles. The molecule has 0 radical (unpaired) electrons. The normalized spacial score (nSPS) is 18.5. The minimum absolute atomic E-state index is 0.559. The lowest BCUT2D eigenvalue weighted by Crippen LogP contribution is -2.44. The highest BCUT2D eigenvalue weighted by Crippen LogP contribution is 2.25. The Morgan fingerprint density at radius 1 is 1.29 bits per heavy atom. The Balaban J connectivity index is 1.99. The summed E-state index contributed by atoms with van der Waals surface area (Å²) in [6.45, 7) is 5.58. The van der Waals surface area contributed by atoms with Gasteiger partial charge in [0.15, 0.2) is 5.96 Å². The lowest BCUT2D eigenvalue weighted by atomic mass is 10.2. The zero-order valence-electron chi connectivity index (χ0n) is 15.3. The molecular formula is C18H30N4O2. The molecule has 2 N–H and O–H groups in total. The first-order valence-electron chi connectivity index (χ1n) is 8.61. The molecule has 0 bridgehead atoms. The van der Waals surface area contributed by atoms with E-state index in [9.17, 15) is 0 Å². The van der Waals surface area contributed by atoms with E-state index in [1.54, 1.807) is 14.2 Å². The summed E-state index contributed by atoms with van der Waals surface area (Å²) in [7, 11) is 5.51. The zero-order valence-corrected chi connectivity index (χ0v) is 15.3. The zero-order chi connectivity index (χ0) is 17.4. The third kappa shape index (κ3) is 5.03. The van der Waals surface area contributed by atoms with E-state index in [2.05, 4.69) is 34.5 Å². The van der Waals surface area contributed by atoms with Crippen LogP contribution in [0.2, 0.25) is 0 Å². The maximum Gasteiger partial charge on any atom is 0.191 e. The molecule has 6 nitrogen and oxygen atoms in total. The standard InChI is InChI=1S/C18H30N4O2/c1-5-19-18(21-13-15-7-6-10-22(15)2)20-12-14-8-9-16(23-3)11-17(14)24-4/h8-9,11,15H,5-7,10,12-13H2,1-4H3,(H2,19,20,21). The van der Waals surface area contributed by atoms with Crippen LogP contribution in [0.3, 0.4) is 0 Å². The average molecular weight is 334 g/mol. The Bertz CT molecular complexity index is 548. The number of rotatable bonds is 7. The third-order valence-electron chi connectivity index (χ3n) is 4.42. The van der Waals surface area contributed by atoms with E-state index < -0.39 is 0 Å². The summed E-state index contributed by atoms with van der Waals surface area (Å²) >= 11 is 0. The van der Waals surface area contributed by atoms with E-state index in [1.807, 2.05) is 18.2 Å². The first-order chi connectivity index (χ1) is 11.7. The first-order valence-corrected chi connectivity index (χ1v) is 8.61. The summed E-state index contributed by atoms with van der Waals surface area (Å²) < 4.78 is 10.7. The molecule has 134 valence electrons. The smallest absolute Gasteiger partial charge is 0.191 e. The van der Waals surface area contributed by atoms with Gasteiger partial charge in [0.25, 0.3) is 0 Å². The number of benzene rings is 1. The molecule has 0 aliphatic carbocycles. The monoisotopic (exact) mass is 334 g/mol. The largest absolute Gasteiger partial charge is 0.497 e. The van der Waals surface area contributed by atoms with Gasteiger partial charge in [0.1, 0.15) is 11.5 Å². The molecule has 24 heavy (non-hydrogen) atoms. The van der Waals surface area contributed by atoms with E-state index in [-0.39, 0.29) is 0 Å². The number of guanidine groups is 1. The number of hydrogen-bond acceptors (Lipinski definition) is 4. The number of likely N-dealkylation sites (tertiary alicyclic amines) is 1. The second-order valence-corrected chi connectivity index (χ2v) is 6.03. The van der Waals surface area contributed by atoms with Crippen molar-refractivity contribution in [1.29, 1.82) is 0 Å². The molecule has 1 fully saturated rings. The maximum atomic E-state index is 5.44. The van der Waals surface area contributed by atoms with Crippen molar-refractivity contribution < 1.29 is 9.47 Å². The van der Waals surface area contributed by atoms with Crippen molar-refractivity contribution >= 4 is 5.96 Å². The topological polar surface area (TPSA) is 58.1 Å². The Hall–Kier alpha value is -1.95. The van der Waals surface area contributed by atoms with E-state index in [0.717, 1.165) is 36.1 Å². The Labute approximate surface area is 145 Å². The van der Waals surface area contributed by atoms with Crippen molar-refractivity contribution in [2.75, 3.05) is 40.9 Å². The molecule has 1 unspecified atom stereocenters. The summed E-state index contributed by atoms with van der Waals surface area (Å²) in [6.07, 6.45) is 2.52. The predicted molar refractivity (Wildman–Crippen MR) is 98.0 cm³/mol. The van der Waals surface area contributed by atoms with Crippen molar-refractivity contribution in [2.24, 2.45) is 4.99 Å². The number of likely N-dealkylation sites (N-methyl/N-ethyl adjacent to an activating group) is 1. The van der Waals surface area contributed by atoms with Crippen LogP contribution in [-0.4, -0.2) is 57.8 Å². The highest BCUT2D eigenvalue weighted by molar-refractivity contribution is 5.79. The van der Waals surface area contributed by atoms with Crippen LogP contribution in [0.5, 0.6) is 11.5 Å². The molecule has 1 heterocycles. The van der Waals surface area contributed by atoms with Gasteiger partial charge >= 0.3 is 0 Å². The van der Waals surface area contributed by atoms with Gasteiger partial charge in [0.2, 0.25) is 0 Å². The lowest BCUT2D eigenvalue weighted by Gasteiger charge is -2.21. The molecule has 1 aliphatic rings. The average Bonchev–Trinajstić information content (AvgIpc) is 3.02. The number of hydrogen-bond donors (Lipinski definition) is 2. The van der Waals surface area contributed by atoms with Gasteiger partial charge in [-0.25, -0.2) is 4.99 Å². The van der Waals surface area contributed by atoms with Gasteiger partial charge in [0.05, 0.1) is 20.8 Å². The molecule has 1 aliphatic heterocycles. The highest BCUT2D eigenvalue weighted by atomic mass is 16.5. The highest BCUT2D eigenvalue weighted by Gasteiger charge is 2.20. The van der Waals surface area contributed by atoms with Crippen LogP contribution in [-0.2, 0) is 6.54 Å². The molecule has 2 rings (SSSR count). The summed E-state index contributed by atoms with van der Waals surface area (Å²) in [5, 5.41) is 6.76. The van der Waals surface area contributed by atoms with Crippen LogP contribution in [0.25, 0.3) is 0 Å². The number of ether oxygens (including phenoxy) is 2. The molecule has 1 aromatic rings. The number of aliphatic imine (C=N–C) groups is 1. The summed E-state index contributed by atoms with van der Waals surface area (Å²) in [5.41, 5.74) is 1.04. The van der Waals surface area contributed by atoms with Gasteiger partial charge in [-0.2, -0.15) is 0 Å². The van der Waals surface area contributed by atoms with Crippen LogP contribution < -0.4 is 20.1 Å². The van der Waals surface area contributed by atoms with Gasteiger partial charge in [-0.05, 0) is 45.5 Å². The van der Waals surface area contributed by atoms with Gasteiger partial charge in [-0.1, -0.05) is 0 Å². The first kappa shape index (κ1) is 18.4. The fraction of sp³-hybridized carbons (Fsp3) is 0.611. The van der Waals surface area contributed by atoms with Crippen molar-refractivity contribution in [1.82, 2.24) is 15.5 Å². The SMILES string of the molecule is CCNC(=NCc1ccc(OC)cc1OC)NCC1CCCN1C. The fourth-order valence-corrected chi connectivity index (χ4v) is 2.94. The Morgan fingerprint density at radius 2 is 2.12 bits per heavy atom. The fourth-order valence-electron chi connectivity index (χ4n) is 2.94. The second kappa shape index (κ2) is 9.37. The number of nitrogens with one attached hydrogen (secondary N) is 2. The van der Waals surface area contributed by atoms with E-state index in [0.29, 0.717) is 12.6 Å². The Morgan fingerprint density at radius 3 is 2.75 bits per heavy atom. The van der Waals surface area contributed by atoms with Crippen LogP contribution in [0.1, 0.15) is 25.3 Å². The molecule has 6 heteroatoms. The van der Waals surface area contributed by atoms with Crippen LogP contribution in [0.15, 0.2) is 23.2 Å². The minimum Gasteiger partial charge on any atom is -0.497 e. The van der Waals surface area contributed by atoms with Crippen molar-refractivity contribution in [3.63, 3.8) is 0 Å². The van der Waals surface area contributed by atoms with Crippen LogP contribution in [0, 0.1) is 0 Å². The molecule has 0 amide bonds. The summed E-state index contributed by atoms with van der Waals surface area (Å²) in [6, 6.07) is 6.40. The van der Waals surface area contributed by atoms with Crippen molar-refractivity contribution in [3.8, 4) is 11.5 Å². The quantitative estimate of drug-likeness (QED) is 0.589. The molecule has 1 atom stereocenters. The molecule has 1 aromatic carbocycles. The van der Waals surface area contributed by atoms with Crippen molar-refractivity contribution in [2.45, 2.75) is 32.4 Å². The van der Waals surface area contributed by atoms with Crippen molar-refractivity contribution in [3.05, 3.63) is 23.8 Å². The van der Waals surface area contributed by atoms with Crippen LogP contribution >= 0.6 is 0 Å². The van der Waals surface area contributed by atoms with E-state index in [1.165, 1.54) is 19.4 Å². The Kier molecular flexibility index (Phi) is 7.18. The number of nitrogens with zero attached hydrogens (tertiary/aromatic N) is 2. The van der Waals surface area contributed by atoms with Gasteiger partial charge in [0, 0.05) is 30.8 Å². The maximum absolute atomic E-state index is 5.44. The van der Waals surface area contributed by atoms with E-state index in [4.69, 9.17) is 9.47 Å². The summed E-state index contributed by atoms with van der Waals surface area (Å²) in [4.78, 5) is 7.09. The molecular weight excluding hydrogens is 304 g/mol. The number of methoxy groups -OCH3 is 2.